The standard InChI is InChI=1S/C18H19NS/c1-2-3-10-20-13-14-8-9-18-16(11-14)12-15-6-4-5-7-17(15)19-18/h4-9,11-12H,2-3,10,13H2,1H3. The molecule has 102 valence electrons. The monoisotopic (exact) mass is 281 g/mol. The lowest BCUT2D eigenvalue weighted by atomic mass is 10.1. The second-order valence-electron chi connectivity index (χ2n) is 5.11. The number of pyridine rings is 1. The van der Waals surface area contributed by atoms with E-state index >= 15 is 0 Å². The van der Waals surface area contributed by atoms with Crippen molar-refractivity contribution in [3.8, 4) is 0 Å². The summed E-state index contributed by atoms with van der Waals surface area (Å²) >= 11 is 2.02. The Hall–Kier alpha value is -1.54. The molecular formula is C18H19NS. The summed E-state index contributed by atoms with van der Waals surface area (Å²) in [7, 11) is 0. The zero-order chi connectivity index (χ0) is 13.8. The van der Waals surface area contributed by atoms with Crippen molar-refractivity contribution in [1.82, 2.24) is 4.98 Å². The van der Waals surface area contributed by atoms with E-state index in [0.717, 1.165) is 16.8 Å². The minimum atomic E-state index is 1.07. The van der Waals surface area contributed by atoms with Crippen molar-refractivity contribution in [3.05, 3.63) is 54.1 Å². The van der Waals surface area contributed by atoms with Crippen LogP contribution < -0.4 is 0 Å². The molecule has 3 aromatic rings. The Morgan fingerprint density at radius 1 is 0.950 bits per heavy atom. The summed E-state index contributed by atoms with van der Waals surface area (Å²) in [5.41, 5.74) is 3.56. The van der Waals surface area contributed by atoms with Crippen LogP contribution in [0.25, 0.3) is 21.8 Å². The predicted molar refractivity (Wildman–Crippen MR) is 90.3 cm³/mol. The molecule has 1 nitrogen and oxygen atoms in total. The van der Waals surface area contributed by atoms with Gasteiger partial charge in [0.2, 0.25) is 0 Å². The fourth-order valence-corrected chi connectivity index (χ4v) is 3.41. The molecule has 1 aromatic heterocycles. The van der Waals surface area contributed by atoms with Gasteiger partial charge >= 0.3 is 0 Å². The van der Waals surface area contributed by atoms with Crippen LogP contribution in [0.1, 0.15) is 25.3 Å². The lowest BCUT2D eigenvalue weighted by Crippen LogP contribution is -1.86. The Labute approximate surface area is 124 Å². The first kappa shape index (κ1) is 13.4. The van der Waals surface area contributed by atoms with E-state index in [1.54, 1.807) is 0 Å². The molecule has 0 aliphatic heterocycles. The molecule has 0 bridgehead atoms. The Morgan fingerprint density at radius 3 is 2.70 bits per heavy atom. The molecule has 0 spiro atoms. The zero-order valence-corrected chi connectivity index (χ0v) is 12.6. The predicted octanol–water partition coefficient (Wildman–Crippen LogP) is 5.42. The van der Waals surface area contributed by atoms with Crippen LogP contribution in [0, 0.1) is 0 Å². The molecule has 20 heavy (non-hydrogen) atoms. The van der Waals surface area contributed by atoms with Gasteiger partial charge in [0.1, 0.15) is 0 Å². The zero-order valence-electron chi connectivity index (χ0n) is 11.8. The fourth-order valence-electron chi connectivity index (χ4n) is 2.36. The highest BCUT2D eigenvalue weighted by Gasteiger charge is 2.01. The first-order valence-electron chi connectivity index (χ1n) is 7.23. The third-order valence-corrected chi connectivity index (χ3v) is 4.61. The maximum Gasteiger partial charge on any atom is 0.0709 e. The van der Waals surface area contributed by atoms with Crippen LogP contribution in [0.15, 0.2) is 48.5 Å². The van der Waals surface area contributed by atoms with E-state index in [1.807, 2.05) is 17.8 Å². The smallest absolute Gasteiger partial charge is 0.0709 e. The van der Waals surface area contributed by atoms with Crippen molar-refractivity contribution in [2.75, 3.05) is 5.75 Å². The largest absolute Gasteiger partial charge is 0.248 e. The number of unbranched alkanes of at least 4 members (excludes halogenated alkanes) is 1. The van der Waals surface area contributed by atoms with Gasteiger partial charge in [-0.3, -0.25) is 0 Å². The topological polar surface area (TPSA) is 12.9 Å². The summed E-state index contributed by atoms with van der Waals surface area (Å²) in [4.78, 5) is 4.72. The van der Waals surface area contributed by atoms with E-state index in [4.69, 9.17) is 4.98 Å². The molecule has 0 saturated heterocycles. The minimum absolute atomic E-state index is 1.07. The van der Waals surface area contributed by atoms with Crippen LogP contribution in [0.3, 0.4) is 0 Å². The Bertz CT molecular complexity index is 721. The van der Waals surface area contributed by atoms with E-state index in [-0.39, 0.29) is 0 Å². The minimum Gasteiger partial charge on any atom is -0.248 e. The van der Waals surface area contributed by atoms with Gasteiger partial charge in [-0.05, 0) is 42.0 Å². The summed E-state index contributed by atoms with van der Waals surface area (Å²) in [5.74, 6) is 2.35. The maximum atomic E-state index is 4.72. The highest BCUT2D eigenvalue weighted by atomic mass is 32.2. The third kappa shape index (κ3) is 2.96. The summed E-state index contributed by atoms with van der Waals surface area (Å²) in [6.45, 7) is 2.24. The number of rotatable bonds is 5. The van der Waals surface area contributed by atoms with Crippen molar-refractivity contribution in [2.24, 2.45) is 0 Å². The molecule has 0 aliphatic carbocycles. The second kappa shape index (κ2) is 6.27. The van der Waals surface area contributed by atoms with Crippen LogP contribution in [0.5, 0.6) is 0 Å². The van der Waals surface area contributed by atoms with E-state index in [2.05, 4.69) is 49.4 Å². The van der Waals surface area contributed by atoms with Crippen molar-refractivity contribution in [3.63, 3.8) is 0 Å². The van der Waals surface area contributed by atoms with Crippen LogP contribution in [0.2, 0.25) is 0 Å². The number of hydrogen-bond donors (Lipinski definition) is 0. The number of aromatic nitrogens is 1. The van der Waals surface area contributed by atoms with Crippen molar-refractivity contribution in [2.45, 2.75) is 25.5 Å². The van der Waals surface area contributed by atoms with Crippen LogP contribution in [0.4, 0.5) is 0 Å². The van der Waals surface area contributed by atoms with Crippen LogP contribution in [-0.2, 0) is 5.75 Å². The molecule has 2 aromatic carbocycles. The molecule has 0 fully saturated rings. The number of nitrogens with zero attached hydrogens (tertiary/aromatic N) is 1. The Kier molecular flexibility index (Phi) is 4.22. The van der Waals surface area contributed by atoms with Gasteiger partial charge in [-0.1, -0.05) is 37.6 Å². The van der Waals surface area contributed by atoms with E-state index in [0.29, 0.717) is 0 Å². The molecule has 0 unspecified atom stereocenters. The second-order valence-corrected chi connectivity index (χ2v) is 6.22. The molecule has 0 atom stereocenters. The van der Waals surface area contributed by atoms with Gasteiger partial charge in [-0.2, -0.15) is 11.8 Å². The molecule has 0 radical (unpaired) electrons. The van der Waals surface area contributed by atoms with E-state index < -0.39 is 0 Å². The molecular weight excluding hydrogens is 262 g/mol. The van der Waals surface area contributed by atoms with Crippen molar-refractivity contribution in [1.29, 1.82) is 0 Å². The molecule has 3 rings (SSSR count). The fraction of sp³-hybridized carbons (Fsp3) is 0.278. The van der Waals surface area contributed by atoms with Crippen molar-refractivity contribution >= 4 is 33.6 Å². The quantitative estimate of drug-likeness (QED) is 0.457. The maximum absolute atomic E-state index is 4.72. The van der Waals surface area contributed by atoms with E-state index in [9.17, 15) is 0 Å². The van der Waals surface area contributed by atoms with Gasteiger partial charge in [-0.25, -0.2) is 4.98 Å². The van der Waals surface area contributed by atoms with E-state index in [1.165, 1.54) is 34.9 Å². The van der Waals surface area contributed by atoms with Crippen LogP contribution in [-0.4, -0.2) is 10.7 Å². The van der Waals surface area contributed by atoms with Crippen molar-refractivity contribution < 1.29 is 0 Å². The number of fused-ring (bicyclic) bond motifs is 2. The number of benzene rings is 2. The highest BCUT2D eigenvalue weighted by Crippen LogP contribution is 2.22. The molecule has 1 heterocycles. The first-order chi connectivity index (χ1) is 9.86. The Morgan fingerprint density at radius 2 is 1.80 bits per heavy atom. The summed E-state index contributed by atoms with van der Waals surface area (Å²) in [5, 5.41) is 2.47. The van der Waals surface area contributed by atoms with Gasteiger partial charge in [-0.15, -0.1) is 0 Å². The molecule has 0 amide bonds. The normalized spacial score (nSPS) is 11.2. The summed E-state index contributed by atoms with van der Waals surface area (Å²) in [6, 6.07) is 17.2. The van der Waals surface area contributed by atoms with Gasteiger partial charge < -0.3 is 0 Å². The summed E-state index contributed by atoms with van der Waals surface area (Å²) in [6.07, 6.45) is 2.59. The first-order valence-corrected chi connectivity index (χ1v) is 8.38. The number of para-hydroxylation sites is 1. The van der Waals surface area contributed by atoms with Gasteiger partial charge in [0.05, 0.1) is 11.0 Å². The van der Waals surface area contributed by atoms with Gasteiger partial charge in [0, 0.05) is 16.5 Å². The molecule has 0 saturated carbocycles. The average Bonchev–Trinajstić information content (AvgIpc) is 2.49. The number of hydrogen-bond acceptors (Lipinski definition) is 2. The highest BCUT2D eigenvalue weighted by molar-refractivity contribution is 7.98. The summed E-state index contributed by atoms with van der Waals surface area (Å²) < 4.78 is 0. The molecule has 2 heteroatoms. The van der Waals surface area contributed by atoms with Crippen LogP contribution >= 0.6 is 11.8 Å². The third-order valence-electron chi connectivity index (χ3n) is 3.49. The lowest BCUT2D eigenvalue weighted by Gasteiger charge is -2.05. The SMILES string of the molecule is CCCCSCc1ccc2nc3ccccc3cc2c1. The number of thioether (sulfide) groups is 1. The molecule has 0 aliphatic rings. The van der Waals surface area contributed by atoms with Gasteiger partial charge in [0.25, 0.3) is 0 Å². The molecule has 0 N–H and O–H groups in total. The Balaban J connectivity index is 1.88. The average molecular weight is 281 g/mol. The lowest BCUT2D eigenvalue weighted by molar-refractivity contribution is 0.896. The van der Waals surface area contributed by atoms with Gasteiger partial charge in [0.15, 0.2) is 0 Å².